The van der Waals surface area contributed by atoms with Crippen LogP contribution in [-0.2, 0) is 0 Å². The molecule has 0 unspecified atom stereocenters. The van der Waals surface area contributed by atoms with E-state index in [2.05, 4.69) is 17.7 Å². The van der Waals surface area contributed by atoms with Crippen LogP contribution in [0.2, 0.25) is 0 Å². The standard InChI is InChI=1S/C6H7N2O2S/c1-2-10-5-3-4-6(11)8(9)7-5/h3-4H,2H2,1H3. The van der Waals surface area contributed by atoms with Gasteiger partial charge in [0.05, 0.1) is 11.7 Å². The van der Waals surface area contributed by atoms with Crippen molar-refractivity contribution in [1.82, 2.24) is 5.10 Å². The van der Waals surface area contributed by atoms with Gasteiger partial charge in [0.15, 0.2) is 0 Å². The Kier molecular flexibility index (Phi) is 2.43. The highest BCUT2D eigenvalue weighted by Gasteiger charge is 2.04. The summed E-state index contributed by atoms with van der Waals surface area (Å²) in [6.45, 7) is 2.31. The number of rotatable bonds is 2. The van der Waals surface area contributed by atoms with Crippen molar-refractivity contribution < 1.29 is 9.58 Å². The van der Waals surface area contributed by atoms with Crippen LogP contribution in [0.4, 0.5) is 0 Å². The van der Waals surface area contributed by atoms with Crippen LogP contribution in [0, 0.1) is 5.21 Å². The van der Waals surface area contributed by atoms with Crippen LogP contribution >= 0.6 is 12.6 Å². The molecule has 0 atom stereocenters. The molecule has 0 bridgehead atoms. The highest BCUT2D eigenvalue weighted by molar-refractivity contribution is 7.80. The SMILES string of the molecule is CCOc1ccc([S])[n+]([O-])n1. The van der Waals surface area contributed by atoms with Crippen LogP contribution in [0.1, 0.15) is 6.92 Å². The maximum absolute atomic E-state index is 10.7. The normalized spacial score (nSPS) is 9.55. The summed E-state index contributed by atoms with van der Waals surface area (Å²) < 4.78 is 4.96. The van der Waals surface area contributed by atoms with Crippen molar-refractivity contribution in [1.29, 1.82) is 0 Å². The summed E-state index contributed by atoms with van der Waals surface area (Å²) in [5.41, 5.74) is 0. The summed E-state index contributed by atoms with van der Waals surface area (Å²) >= 11 is 4.63. The number of hydrogen-bond donors (Lipinski definition) is 0. The lowest BCUT2D eigenvalue weighted by Gasteiger charge is -1.99. The van der Waals surface area contributed by atoms with Gasteiger partial charge in [-0.3, -0.25) is 0 Å². The second kappa shape index (κ2) is 3.34. The number of aromatic nitrogens is 2. The minimum Gasteiger partial charge on any atom is -0.593 e. The molecule has 4 nitrogen and oxygen atoms in total. The van der Waals surface area contributed by atoms with Crippen molar-refractivity contribution >= 4 is 12.6 Å². The first-order valence-electron chi connectivity index (χ1n) is 3.14. The second-order valence-electron chi connectivity index (χ2n) is 1.82. The van der Waals surface area contributed by atoms with E-state index in [0.717, 1.165) is 0 Å². The number of hydrogen-bond acceptors (Lipinski definition) is 3. The molecule has 1 aromatic rings. The van der Waals surface area contributed by atoms with Gasteiger partial charge >= 0.3 is 5.03 Å². The van der Waals surface area contributed by atoms with Crippen LogP contribution in [0.15, 0.2) is 17.2 Å². The zero-order valence-electron chi connectivity index (χ0n) is 5.98. The first kappa shape index (κ1) is 8.00. The molecule has 0 aliphatic rings. The Morgan fingerprint density at radius 3 is 3.00 bits per heavy atom. The molecule has 59 valence electrons. The number of ether oxygens (including phenoxy) is 1. The van der Waals surface area contributed by atoms with E-state index in [1.165, 1.54) is 6.07 Å². The molecule has 0 saturated heterocycles. The third-order valence-corrected chi connectivity index (χ3v) is 1.33. The molecular formula is C6H7N2O2S. The quantitative estimate of drug-likeness (QED) is 0.485. The Morgan fingerprint density at radius 2 is 2.45 bits per heavy atom. The molecule has 1 rings (SSSR count). The lowest BCUT2D eigenvalue weighted by molar-refractivity contribution is -0.706. The molecule has 11 heavy (non-hydrogen) atoms. The van der Waals surface area contributed by atoms with Gasteiger partial charge in [-0.1, -0.05) is 0 Å². The van der Waals surface area contributed by atoms with Gasteiger partial charge in [-0.2, -0.15) is 0 Å². The fourth-order valence-corrected chi connectivity index (χ4v) is 0.712. The van der Waals surface area contributed by atoms with E-state index in [1.807, 2.05) is 6.92 Å². The minimum atomic E-state index is 0.147. The predicted molar refractivity (Wildman–Crippen MR) is 40.2 cm³/mol. The predicted octanol–water partition coefficient (Wildman–Crippen LogP) is 0.670. The zero-order valence-corrected chi connectivity index (χ0v) is 6.80. The summed E-state index contributed by atoms with van der Waals surface area (Å²) in [4.78, 5) is 0.361. The maximum atomic E-state index is 10.7. The first-order valence-corrected chi connectivity index (χ1v) is 3.55. The Hall–Kier alpha value is -1.10. The van der Waals surface area contributed by atoms with Crippen molar-refractivity contribution in [3.63, 3.8) is 0 Å². The lowest BCUT2D eigenvalue weighted by Crippen LogP contribution is -2.33. The van der Waals surface area contributed by atoms with Crippen molar-refractivity contribution in [3.05, 3.63) is 17.3 Å². The highest BCUT2D eigenvalue weighted by Crippen LogP contribution is 2.04. The van der Waals surface area contributed by atoms with E-state index in [1.54, 1.807) is 6.07 Å². The Bertz CT molecular complexity index is 254. The Balaban J connectivity index is 2.86. The zero-order chi connectivity index (χ0) is 8.27. The Labute approximate surface area is 69.8 Å². The van der Waals surface area contributed by atoms with Crippen LogP contribution in [0.3, 0.4) is 0 Å². The minimum absolute atomic E-state index is 0.147. The van der Waals surface area contributed by atoms with E-state index in [-0.39, 0.29) is 5.03 Å². The second-order valence-corrected chi connectivity index (χ2v) is 2.23. The van der Waals surface area contributed by atoms with E-state index >= 15 is 0 Å². The molecule has 1 aromatic heterocycles. The molecule has 0 amide bonds. The van der Waals surface area contributed by atoms with Gasteiger partial charge in [-0.05, 0) is 24.4 Å². The molecule has 0 aliphatic heterocycles. The molecule has 0 fully saturated rings. The van der Waals surface area contributed by atoms with Gasteiger partial charge in [0, 0.05) is 12.1 Å². The molecule has 5 heteroatoms. The average molecular weight is 171 g/mol. The molecule has 1 radical (unpaired) electrons. The van der Waals surface area contributed by atoms with Gasteiger partial charge in [-0.15, -0.1) is 0 Å². The first-order chi connectivity index (χ1) is 5.24. The average Bonchev–Trinajstić information content (AvgIpc) is 1.98. The molecule has 0 aliphatic carbocycles. The molecule has 0 N–H and O–H groups in total. The smallest absolute Gasteiger partial charge is 0.310 e. The van der Waals surface area contributed by atoms with Gasteiger partial charge in [0.25, 0.3) is 5.88 Å². The van der Waals surface area contributed by atoms with Gasteiger partial charge in [0.1, 0.15) is 0 Å². The fraction of sp³-hybridized carbons (Fsp3) is 0.333. The van der Waals surface area contributed by atoms with Crippen molar-refractivity contribution in [2.24, 2.45) is 0 Å². The summed E-state index contributed by atoms with van der Waals surface area (Å²) in [6.07, 6.45) is 0. The van der Waals surface area contributed by atoms with Crippen LogP contribution in [0.5, 0.6) is 5.88 Å². The summed E-state index contributed by atoms with van der Waals surface area (Å²) in [7, 11) is 0. The van der Waals surface area contributed by atoms with Gasteiger partial charge in [-0.25, -0.2) is 0 Å². The van der Waals surface area contributed by atoms with Crippen LogP contribution in [-0.4, -0.2) is 11.7 Å². The fourth-order valence-electron chi connectivity index (χ4n) is 0.603. The van der Waals surface area contributed by atoms with E-state index in [4.69, 9.17) is 4.74 Å². The summed E-state index contributed by atoms with van der Waals surface area (Å²) in [5, 5.41) is 14.4. The topological polar surface area (TPSA) is 49.1 Å². The van der Waals surface area contributed by atoms with E-state index in [0.29, 0.717) is 17.3 Å². The van der Waals surface area contributed by atoms with Gasteiger partial charge in [0.2, 0.25) is 0 Å². The van der Waals surface area contributed by atoms with Crippen LogP contribution < -0.4 is 9.58 Å². The molecule has 0 spiro atoms. The molecule has 0 saturated carbocycles. The third-order valence-electron chi connectivity index (χ3n) is 1.04. The highest BCUT2D eigenvalue weighted by atomic mass is 32.1. The number of nitrogens with zero attached hydrogens (tertiary/aromatic N) is 2. The maximum Gasteiger partial charge on any atom is 0.310 e. The van der Waals surface area contributed by atoms with E-state index in [9.17, 15) is 5.21 Å². The molecular weight excluding hydrogens is 164 g/mol. The lowest BCUT2D eigenvalue weighted by atomic mass is 10.6. The largest absolute Gasteiger partial charge is 0.593 e. The van der Waals surface area contributed by atoms with Crippen LogP contribution in [0.25, 0.3) is 0 Å². The third kappa shape index (κ3) is 1.91. The van der Waals surface area contributed by atoms with Crippen molar-refractivity contribution in [3.8, 4) is 5.88 Å². The molecule has 0 aromatic carbocycles. The van der Waals surface area contributed by atoms with Gasteiger partial charge < -0.3 is 9.94 Å². The van der Waals surface area contributed by atoms with Crippen molar-refractivity contribution in [2.45, 2.75) is 11.9 Å². The Morgan fingerprint density at radius 1 is 1.73 bits per heavy atom. The monoisotopic (exact) mass is 171 g/mol. The van der Waals surface area contributed by atoms with E-state index < -0.39 is 0 Å². The summed E-state index contributed by atoms with van der Waals surface area (Å²) in [5.74, 6) is 0.302. The van der Waals surface area contributed by atoms with Crippen molar-refractivity contribution in [2.75, 3.05) is 6.61 Å². The molecule has 1 heterocycles. The summed E-state index contributed by atoms with van der Waals surface area (Å²) in [6, 6.07) is 3.06.